The topological polar surface area (TPSA) is 41.1 Å². The molecule has 1 aliphatic carbocycles. The van der Waals surface area contributed by atoms with Gasteiger partial charge in [-0.25, -0.2) is 8.78 Å². The summed E-state index contributed by atoms with van der Waals surface area (Å²) in [5, 5.41) is 5.80. The standard InChI is InChI=1S/C15H20F2N2O/c16-11-6-7-14(13(17)10-11)18-9-8-15(20)19-12-4-2-1-3-5-12/h6-7,10,12,18H,1-5,8-9H2,(H,19,20). The normalized spacial score (nSPS) is 15.9. The van der Waals surface area contributed by atoms with Gasteiger partial charge in [0, 0.05) is 25.1 Å². The molecule has 0 aromatic heterocycles. The van der Waals surface area contributed by atoms with Gasteiger partial charge in [-0.1, -0.05) is 19.3 Å². The molecular formula is C15H20F2N2O. The third kappa shape index (κ3) is 4.47. The molecule has 0 atom stereocenters. The second-order valence-corrected chi connectivity index (χ2v) is 5.20. The van der Waals surface area contributed by atoms with E-state index >= 15 is 0 Å². The Morgan fingerprint density at radius 2 is 1.95 bits per heavy atom. The number of nitrogens with one attached hydrogen (secondary N) is 2. The minimum atomic E-state index is -0.641. The van der Waals surface area contributed by atoms with E-state index in [4.69, 9.17) is 0 Å². The Balaban J connectivity index is 1.70. The lowest BCUT2D eigenvalue weighted by Crippen LogP contribution is -2.36. The van der Waals surface area contributed by atoms with Crippen molar-refractivity contribution in [1.82, 2.24) is 5.32 Å². The molecule has 3 nitrogen and oxygen atoms in total. The van der Waals surface area contributed by atoms with Crippen LogP contribution in [0.25, 0.3) is 0 Å². The molecule has 110 valence electrons. The molecule has 1 saturated carbocycles. The summed E-state index contributed by atoms with van der Waals surface area (Å²) in [6, 6.07) is 3.64. The van der Waals surface area contributed by atoms with Gasteiger partial charge in [-0.2, -0.15) is 0 Å². The maximum absolute atomic E-state index is 13.3. The summed E-state index contributed by atoms with van der Waals surface area (Å²) in [6.07, 6.45) is 5.97. The van der Waals surface area contributed by atoms with Crippen molar-refractivity contribution in [2.24, 2.45) is 0 Å². The van der Waals surface area contributed by atoms with Gasteiger partial charge in [0.05, 0.1) is 5.69 Å². The highest BCUT2D eigenvalue weighted by Gasteiger charge is 2.15. The molecule has 2 N–H and O–H groups in total. The molecular weight excluding hydrogens is 262 g/mol. The maximum Gasteiger partial charge on any atom is 0.221 e. The molecule has 0 saturated heterocycles. The maximum atomic E-state index is 13.3. The quantitative estimate of drug-likeness (QED) is 0.870. The van der Waals surface area contributed by atoms with Crippen LogP contribution in [-0.4, -0.2) is 18.5 Å². The van der Waals surface area contributed by atoms with Crippen LogP contribution in [0, 0.1) is 11.6 Å². The van der Waals surface area contributed by atoms with Crippen LogP contribution in [-0.2, 0) is 4.79 Å². The zero-order valence-electron chi connectivity index (χ0n) is 11.4. The van der Waals surface area contributed by atoms with Crippen LogP contribution in [0.15, 0.2) is 18.2 Å². The number of carbonyl (C=O) groups is 1. The lowest BCUT2D eigenvalue weighted by Gasteiger charge is -2.22. The summed E-state index contributed by atoms with van der Waals surface area (Å²) in [6.45, 7) is 0.334. The number of rotatable bonds is 5. The SMILES string of the molecule is O=C(CCNc1ccc(F)cc1F)NC1CCCCC1. The lowest BCUT2D eigenvalue weighted by molar-refractivity contribution is -0.121. The number of anilines is 1. The summed E-state index contributed by atoms with van der Waals surface area (Å²) >= 11 is 0. The van der Waals surface area contributed by atoms with Gasteiger partial charge < -0.3 is 10.6 Å². The third-order valence-corrected chi connectivity index (χ3v) is 3.57. The van der Waals surface area contributed by atoms with Gasteiger partial charge in [0.15, 0.2) is 0 Å². The molecule has 0 heterocycles. The van der Waals surface area contributed by atoms with Gasteiger partial charge in [0.25, 0.3) is 0 Å². The first-order valence-electron chi connectivity index (χ1n) is 7.13. The minimum Gasteiger partial charge on any atom is -0.382 e. The minimum absolute atomic E-state index is 0.0214. The molecule has 0 unspecified atom stereocenters. The summed E-state index contributed by atoms with van der Waals surface area (Å²) in [5.74, 6) is -1.27. The van der Waals surface area contributed by atoms with E-state index in [9.17, 15) is 13.6 Å². The predicted octanol–water partition coefficient (Wildman–Crippen LogP) is 3.22. The van der Waals surface area contributed by atoms with Gasteiger partial charge in [0.1, 0.15) is 11.6 Å². The molecule has 1 fully saturated rings. The van der Waals surface area contributed by atoms with Crippen LogP contribution >= 0.6 is 0 Å². The second-order valence-electron chi connectivity index (χ2n) is 5.20. The summed E-state index contributed by atoms with van der Waals surface area (Å²) in [4.78, 5) is 11.7. The Morgan fingerprint density at radius 1 is 1.20 bits per heavy atom. The molecule has 1 aromatic carbocycles. The van der Waals surface area contributed by atoms with E-state index in [1.807, 2.05) is 0 Å². The van der Waals surface area contributed by atoms with Gasteiger partial charge in [0.2, 0.25) is 5.91 Å². The molecule has 1 aliphatic rings. The summed E-state index contributed by atoms with van der Waals surface area (Å²) in [7, 11) is 0. The Morgan fingerprint density at radius 3 is 2.65 bits per heavy atom. The van der Waals surface area contributed by atoms with Crippen LogP contribution in [0.3, 0.4) is 0 Å². The lowest BCUT2D eigenvalue weighted by atomic mass is 9.95. The molecule has 1 amide bonds. The highest BCUT2D eigenvalue weighted by Crippen LogP contribution is 2.17. The number of halogens is 2. The fraction of sp³-hybridized carbons (Fsp3) is 0.533. The van der Waals surface area contributed by atoms with Crippen LogP contribution in [0.2, 0.25) is 0 Å². The monoisotopic (exact) mass is 282 g/mol. The Bertz CT molecular complexity index is 459. The first kappa shape index (κ1) is 14.8. The van der Waals surface area contributed by atoms with Gasteiger partial charge in [-0.15, -0.1) is 0 Å². The second kappa shape index (κ2) is 7.22. The number of hydrogen-bond acceptors (Lipinski definition) is 2. The number of hydrogen-bond donors (Lipinski definition) is 2. The first-order valence-corrected chi connectivity index (χ1v) is 7.13. The van der Waals surface area contributed by atoms with Crippen LogP contribution in [0.1, 0.15) is 38.5 Å². The zero-order valence-corrected chi connectivity index (χ0v) is 11.4. The number of benzene rings is 1. The molecule has 20 heavy (non-hydrogen) atoms. The van der Waals surface area contributed by atoms with Crippen LogP contribution in [0.4, 0.5) is 14.5 Å². The van der Waals surface area contributed by atoms with Crippen LogP contribution in [0.5, 0.6) is 0 Å². The number of carbonyl (C=O) groups excluding carboxylic acids is 1. The van der Waals surface area contributed by atoms with E-state index in [-0.39, 0.29) is 18.0 Å². The van der Waals surface area contributed by atoms with E-state index in [0.717, 1.165) is 18.9 Å². The van der Waals surface area contributed by atoms with Crippen molar-refractivity contribution < 1.29 is 13.6 Å². The van der Waals surface area contributed by atoms with Crippen molar-refractivity contribution in [2.45, 2.75) is 44.6 Å². The van der Waals surface area contributed by atoms with E-state index in [1.165, 1.54) is 31.4 Å². The van der Waals surface area contributed by atoms with E-state index < -0.39 is 11.6 Å². The average molecular weight is 282 g/mol. The Hall–Kier alpha value is -1.65. The highest BCUT2D eigenvalue weighted by atomic mass is 19.1. The van der Waals surface area contributed by atoms with Crippen molar-refractivity contribution in [3.8, 4) is 0 Å². The van der Waals surface area contributed by atoms with Crippen molar-refractivity contribution in [2.75, 3.05) is 11.9 Å². The molecule has 0 bridgehead atoms. The summed E-state index contributed by atoms with van der Waals surface area (Å²) in [5.41, 5.74) is 0.219. The molecule has 1 aromatic rings. The van der Waals surface area contributed by atoms with E-state index in [0.29, 0.717) is 12.6 Å². The zero-order chi connectivity index (χ0) is 14.4. The Kier molecular flexibility index (Phi) is 5.32. The Labute approximate surface area is 117 Å². The smallest absolute Gasteiger partial charge is 0.221 e. The van der Waals surface area contributed by atoms with E-state index in [2.05, 4.69) is 10.6 Å². The third-order valence-electron chi connectivity index (χ3n) is 3.57. The predicted molar refractivity (Wildman–Crippen MR) is 74.5 cm³/mol. The largest absolute Gasteiger partial charge is 0.382 e. The fourth-order valence-electron chi connectivity index (χ4n) is 2.49. The van der Waals surface area contributed by atoms with Crippen molar-refractivity contribution >= 4 is 11.6 Å². The number of amides is 1. The highest BCUT2D eigenvalue weighted by molar-refractivity contribution is 5.76. The van der Waals surface area contributed by atoms with Gasteiger partial charge >= 0.3 is 0 Å². The van der Waals surface area contributed by atoms with Gasteiger partial charge in [-0.05, 0) is 25.0 Å². The fourth-order valence-corrected chi connectivity index (χ4v) is 2.49. The van der Waals surface area contributed by atoms with Crippen molar-refractivity contribution in [1.29, 1.82) is 0 Å². The van der Waals surface area contributed by atoms with Crippen molar-refractivity contribution in [3.05, 3.63) is 29.8 Å². The molecule has 2 rings (SSSR count). The molecule has 0 aliphatic heterocycles. The summed E-state index contributed by atoms with van der Waals surface area (Å²) < 4.78 is 26.1. The van der Waals surface area contributed by atoms with Crippen LogP contribution < -0.4 is 10.6 Å². The van der Waals surface area contributed by atoms with Gasteiger partial charge in [-0.3, -0.25) is 4.79 Å². The molecule has 0 radical (unpaired) electrons. The first-order chi connectivity index (χ1) is 9.65. The molecule has 0 spiro atoms. The van der Waals surface area contributed by atoms with E-state index in [1.54, 1.807) is 0 Å². The molecule has 5 heteroatoms. The average Bonchev–Trinajstić information content (AvgIpc) is 2.42. The van der Waals surface area contributed by atoms with Crippen molar-refractivity contribution in [3.63, 3.8) is 0 Å².